The van der Waals surface area contributed by atoms with E-state index in [9.17, 15) is 4.79 Å². The second-order valence-corrected chi connectivity index (χ2v) is 10.2. The number of benzene rings is 4. The summed E-state index contributed by atoms with van der Waals surface area (Å²) >= 11 is 3.11. The minimum Gasteiger partial charge on any atom is -0.337 e. The zero-order valence-corrected chi connectivity index (χ0v) is 20.1. The van der Waals surface area contributed by atoms with E-state index < -0.39 is 0 Å². The molecular weight excluding hydrogens is 458 g/mol. The highest BCUT2D eigenvalue weighted by molar-refractivity contribution is 8.19. The lowest BCUT2D eigenvalue weighted by atomic mass is 10.1. The zero-order chi connectivity index (χ0) is 23.1. The molecule has 4 aromatic carbocycles. The largest absolute Gasteiger partial charge is 0.337 e. The zero-order valence-electron chi connectivity index (χ0n) is 18.5. The third kappa shape index (κ3) is 3.79. The molecule has 0 radical (unpaired) electrons. The molecule has 6 heteroatoms. The van der Waals surface area contributed by atoms with Gasteiger partial charge < -0.3 is 4.90 Å². The molecule has 0 bridgehead atoms. The number of nitrogens with zero attached hydrogens (tertiary/aromatic N) is 3. The van der Waals surface area contributed by atoms with Crippen molar-refractivity contribution in [3.05, 3.63) is 113 Å². The van der Waals surface area contributed by atoms with Crippen molar-refractivity contribution < 1.29 is 4.79 Å². The van der Waals surface area contributed by atoms with Crippen LogP contribution >= 0.6 is 23.5 Å². The van der Waals surface area contributed by atoms with E-state index in [0.717, 1.165) is 37.2 Å². The van der Waals surface area contributed by atoms with Crippen molar-refractivity contribution >= 4 is 56.7 Å². The Bertz CT molecular complexity index is 1480. The van der Waals surface area contributed by atoms with Crippen molar-refractivity contribution in [1.82, 2.24) is 4.90 Å². The molecule has 1 fully saturated rings. The summed E-state index contributed by atoms with van der Waals surface area (Å²) in [6, 6.07) is 32.7. The molecule has 0 atom stereocenters. The average Bonchev–Trinajstić information content (AvgIpc) is 3.36. The van der Waals surface area contributed by atoms with Crippen molar-refractivity contribution in [2.45, 2.75) is 11.4 Å². The van der Waals surface area contributed by atoms with E-state index in [1.807, 2.05) is 67.7 Å². The Morgan fingerprint density at radius 1 is 0.794 bits per heavy atom. The highest BCUT2D eigenvalue weighted by atomic mass is 32.2. The lowest BCUT2D eigenvalue weighted by Crippen LogP contribution is -2.29. The van der Waals surface area contributed by atoms with Crippen LogP contribution in [0.2, 0.25) is 0 Å². The van der Waals surface area contributed by atoms with E-state index in [-0.39, 0.29) is 5.91 Å². The predicted molar refractivity (Wildman–Crippen MR) is 143 cm³/mol. The Morgan fingerprint density at radius 3 is 2.35 bits per heavy atom. The Morgan fingerprint density at radius 2 is 1.53 bits per heavy atom. The van der Waals surface area contributed by atoms with Gasteiger partial charge >= 0.3 is 0 Å². The number of para-hydroxylation sites is 1. The maximum Gasteiger partial charge on any atom is 0.269 e. The average molecular weight is 480 g/mol. The number of aliphatic imine (C=N–C) groups is 1. The Hall–Kier alpha value is -3.48. The fourth-order valence-electron chi connectivity index (χ4n) is 4.18. The highest BCUT2D eigenvalue weighted by Crippen LogP contribution is 2.50. The van der Waals surface area contributed by atoms with Crippen molar-refractivity contribution in [3.63, 3.8) is 0 Å². The molecule has 2 aliphatic heterocycles. The quantitative estimate of drug-likeness (QED) is 0.296. The van der Waals surface area contributed by atoms with Gasteiger partial charge in [0.15, 0.2) is 5.17 Å². The van der Waals surface area contributed by atoms with Crippen molar-refractivity contribution in [2.75, 3.05) is 11.9 Å². The Balaban J connectivity index is 1.42. The van der Waals surface area contributed by atoms with Gasteiger partial charge in [0.05, 0.1) is 22.9 Å². The van der Waals surface area contributed by atoms with Gasteiger partial charge in [-0.15, -0.1) is 0 Å². The molecule has 6 rings (SSSR count). The molecule has 4 aromatic rings. The molecule has 34 heavy (non-hydrogen) atoms. The van der Waals surface area contributed by atoms with Gasteiger partial charge in [-0.3, -0.25) is 9.69 Å². The number of thioether (sulfide) groups is 2. The topological polar surface area (TPSA) is 35.9 Å². The lowest BCUT2D eigenvalue weighted by molar-refractivity contribution is -0.122. The van der Waals surface area contributed by atoms with E-state index in [0.29, 0.717) is 11.7 Å². The van der Waals surface area contributed by atoms with Gasteiger partial charge in [-0.2, -0.15) is 0 Å². The molecule has 0 saturated carbocycles. The van der Waals surface area contributed by atoms with Crippen LogP contribution in [0, 0.1) is 0 Å². The summed E-state index contributed by atoms with van der Waals surface area (Å²) in [4.78, 5) is 24.5. The summed E-state index contributed by atoms with van der Waals surface area (Å²) in [7, 11) is 2.02. The summed E-state index contributed by atoms with van der Waals surface area (Å²) in [5, 5.41) is 3.97. The van der Waals surface area contributed by atoms with E-state index in [4.69, 9.17) is 4.99 Å². The van der Waals surface area contributed by atoms with E-state index in [1.165, 1.54) is 17.1 Å². The number of carbonyl (C=O) groups excluding carboxylic acids is 1. The van der Waals surface area contributed by atoms with Crippen LogP contribution in [-0.4, -0.2) is 23.0 Å². The van der Waals surface area contributed by atoms with Gasteiger partial charge in [0.1, 0.15) is 4.91 Å². The fraction of sp³-hybridized carbons (Fsp3) is 0.0714. The first-order valence-electron chi connectivity index (χ1n) is 11.0. The van der Waals surface area contributed by atoms with Gasteiger partial charge in [-0.25, -0.2) is 4.99 Å². The number of fused-ring (bicyclic) bond motifs is 2. The summed E-state index contributed by atoms with van der Waals surface area (Å²) in [6.07, 6.45) is 0. The number of rotatable bonds is 3. The van der Waals surface area contributed by atoms with Crippen LogP contribution in [0.25, 0.3) is 10.8 Å². The summed E-state index contributed by atoms with van der Waals surface area (Å²) < 4.78 is 0. The van der Waals surface area contributed by atoms with E-state index in [1.54, 1.807) is 16.7 Å². The third-order valence-electron chi connectivity index (χ3n) is 5.94. The number of amidine groups is 1. The predicted octanol–water partition coefficient (Wildman–Crippen LogP) is 7.01. The Kier molecular flexibility index (Phi) is 5.40. The van der Waals surface area contributed by atoms with Crippen LogP contribution in [0.5, 0.6) is 0 Å². The third-order valence-corrected chi connectivity index (χ3v) is 8.37. The monoisotopic (exact) mass is 479 g/mol. The molecule has 0 spiro atoms. The number of hydrogen-bond donors (Lipinski definition) is 0. The van der Waals surface area contributed by atoms with Crippen LogP contribution in [0.4, 0.5) is 11.4 Å². The molecule has 0 unspecified atom stereocenters. The highest BCUT2D eigenvalue weighted by Gasteiger charge is 2.39. The van der Waals surface area contributed by atoms with Crippen molar-refractivity contribution in [1.29, 1.82) is 0 Å². The maximum atomic E-state index is 13.7. The van der Waals surface area contributed by atoms with Crippen molar-refractivity contribution in [2.24, 2.45) is 4.99 Å². The summed E-state index contributed by atoms with van der Waals surface area (Å²) in [5.41, 5.74) is 3.04. The minimum atomic E-state index is -0.00412. The molecule has 4 nitrogen and oxygen atoms in total. The first-order valence-corrected chi connectivity index (χ1v) is 12.7. The molecule has 0 aromatic heterocycles. The van der Waals surface area contributed by atoms with Gasteiger partial charge in [0.25, 0.3) is 5.91 Å². The summed E-state index contributed by atoms with van der Waals surface area (Å²) in [5.74, 6) is -0.00412. The number of carbonyl (C=O) groups is 1. The standard InChI is InChI=1S/C28H21N3OS2/c1-30-23-13-7-8-14-24(23)33-27(30)25-26(32)31(18-19-9-3-2-4-10-19)28(34-25)29-22-16-15-20-11-5-6-12-21(20)17-22/h2-17H,18H2,1H3/b27-25-,29-28?. The second-order valence-electron chi connectivity index (χ2n) is 8.17. The summed E-state index contributed by atoms with van der Waals surface area (Å²) in [6.45, 7) is 0.483. The van der Waals surface area contributed by atoms with Crippen LogP contribution in [0.15, 0.2) is 117 Å². The maximum absolute atomic E-state index is 13.7. The van der Waals surface area contributed by atoms with E-state index >= 15 is 0 Å². The minimum absolute atomic E-state index is 0.00412. The molecule has 166 valence electrons. The second kappa shape index (κ2) is 8.70. The van der Waals surface area contributed by atoms with Gasteiger partial charge in [-0.1, -0.05) is 84.6 Å². The normalized spacial score (nSPS) is 18.9. The van der Waals surface area contributed by atoms with Crippen molar-refractivity contribution in [3.8, 4) is 0 Å². The Labute approximate surface area is 207 Å². The number of hydrogen-bond acceptors (Lipinski definition) is 5. The molecule has 1 amide bonds. The van der Waals surface area contributed by atoms with Crippen LogP contribution in [0.3, 0.4) is 0 Å². The SMILES string of the molecule is CN1/C(=C2/SC(=Nc3ccc4ccccc4c3)N(Cc3ccccc3)C2=O)Sc2ccccc21. The molecule has 2 heterocycles. The number of amides is 1. The molecule has 0 N–H and O–H groups in total. The fourth-order valence-corrected chi connectivity index (χ4v) is 6.52. The van der Waals surface area contributed by atoms with Gasteiger partial charge in [0, 0.05) is 11.9 Å². The molecule has 2 aliphatic rings. The van der Waals surface area contributed by atoms with Gasteiger partial charge in [0.2, 0.25) is 0 Å². The first-order chi connectivity index (χ1) is 16.7. The molecule has 1 saturated heterocycles. The van der Waals surface area contributed by atoms with E-state index in [2.05, 4.69) is 41.3 Å². The van der Waals surface area contributed by atoms with Crippen LogP contribution in [-0.2, 0) is 11.3 Å². The smallest absolute Gasteiger partial charge is 0.269 e. The number of anilines is 1. The first kappa shape index (κ1) is 21.1. The lowest BCUT2D eigenvalue weighted by Gasteiger charge is -2.17. The van der Waals surface area contributed by atoms with Crippen LogP contribution < -0.4 is 4.90 Å². The molecular formula is C28H21N3OS2. The molecule has 0 aliphatic carbocycles. The van der Waals surface area contributed by atoms with Crippen LogP contribution in [0.1, 0.15) is 5.56 Å². The van der Waals surface area contributed by atoms with Gasteiger partial charge in [-0.05, 0) is 52.4 Å².